The Hall–Kier alpha value is -2.55. The van der Waals surface area contributed by atoms with Crippen LogP contribution in [0.3, 0.4) is 0 Å². The molecule has 1 aromatic carbocycles. The van der Waals surface area contributed by atoms with Crippen molar-refractivity contribution in [3.8, 4) is 0 Å². The predicted molar refractivity (Wildman–Crippen MR) is 110 cm³/mol. The quantitative estimate of drug-likeness (QED) is 0.544. The first-order chi connectivity index (χ1) is 12.2. The first kappa shape index (κ1) is 21.5. The van der Waals surface area contributed by atoms with Crippen LogP contribution in [0.4, 0.5) is 4.79 Å². The number of amides is 1. The van der Waals surface area contributed by atoms with Gasteiger partial charge in [0.2, 0.25) is 0 Å². The fourth-order valence-electron chi connectivity index (χ4n) is 2.38. The number of hydrogen-bond donors (Lipinski definition) is 0. The zero-order valence-corrected chi connectivity index (χ0v) is 16.6. The minimum atomic E-state index is -0.515. The van der Waals surface area contributed by atoms with Crippen LogP contribution in [0.5, 0.6) is 0 Å². The summed E-state index contributed by atoms with van der Waals surface area (Å²) in [5, 5.41) is 0. The summed E-state index contributed by atoms with van der Waals surface area (Å²) in [6.07, 6.45) is 12.1. The van der Waals surface area contributed by atoms with Gasteiger partial charge in [0.15, 0.2) is 0 Å². The summed E-state index contributed by atoms with van der Waals surface area (Å²) in [7, 11) is 1.79. The fraction of sp³-hybridized carbons (Fsp3) is 0.348. The second kappa shape index (κ2) is 10.4. The minimum Gasteiger partial charge on any atom is -0.444 e. The molecule has 3 heteroatoms. The topological polar surface area (TPSA) is 29.5 Å². The molecule has 0 saturated carbocycles. The highest BCUT2D eigenvalue weighted by molar-refractivity contribution is 5.68. The van der Waals surface area contributed by atoms with E-state index in [4.69, 9.17) is 4.74 Å². The Morgan fingerprint density at radius 3 is 2.46 bits per heavy atom. The Kier molecular flexibility index (Phi) is 8.63. The number of carbonyl (C=O) groups is 1. The molecule has 0 heterocycles. The fourth-order valence-corrected chi connectivity index (χ4v) is 2.38. The monoisotopic (exact) mass is 353 g/mol. The standard InChI is InChI=1S/C23H31NO2/c1-7-8-10-14-19(2)15-13-18-21(20-16-11-9-12-17-20)24(6)22(25)26-23(3,4)5/h7-17,21H,1,18H2,2-6H3/b10-8-,15-13?,19-14?/t21-/m1/s1. The highest BCUT2D eigenvalue weighted by atomic mass is 16.6. The predicted octanol–water partition coefficient (Wildman–Crippen LogP) is 6.23. The van der Waals surface area contributed by atoms with E-state index in [-0.39, 0.29) is 12.1 Å². The highest BCUT2D eigenvalue weighted by Gasteiger charge is 2.25. The van der Waals surface area contributed by atoms with Crippen molar-refractivity contribution in [3.05, 3.63) is 84.5 Å². The van der Waals surface area contributed by atoms with Crippen LogP contribution < -0.4 is 0 Å². The van der Waals surface area contributed by atoms with Gasteiger partial charge in [-0.15, -0.1) is 0 Å². The molecule has 1 atom stereocenters. The molecule has 1 amide bonds. The van der Waals surface area contributed by atoms with Crippen LogP contribution >= 0.6 is 0 Å². The summed E-state index contributed by atoms with van der Waals surface area (Å²) < 4.78 is 5.53. The molecule has 0 bridgehead atoms. The molecule has 1 aromatic rings. The van der Waals surface area contributed by atoms with Crippen LogP contribution in [0.1, 0.15) is 45.7 Å². The zero-order chi connectivity index (χ0) is 19.6. The lowest BCUT2D eigenvalue weighted by atomic mass is 10.0. The van der Waals surface area contributed by atoms with Gasteiger partial charge in [-0.25, -0.2) is 4.79 Å². The molecule has 0 spiro atoms. The average molecular weight is 354 g/mol. The lowest BCUT2D eigenvalue weighted by Crippen LogP contribution is -2.36. The molecule has 0 N–H and O–H groups in total. The van der Waals surface area contributed by atoms with E-state index in [0.29, 0.717) is 6.42 Å². The maximum absolute atomic E-state index is 12.5. The van der Waals surface area contributed by atoms with Crippen molar-refractivity contribution in [2.45, 2.75) is 45.8 Å². The summed E-state index contributed by atoms with van der Waals surface area (Å²) in [4.78, 5) is 14.2. The van der Waals surface area contributed by atoms with E-state index in [1.807, 2.05) is 76.3 Å². The first-order valence-corrected chi connectivity index (χ1v) is 8.88. The number of hydrogen-bond acceptors (Lipinski definition) is 2. The maximum Gasteiger partial charge on any atom is 0.410 e. The van der Waals surface area contributed by atoms with Gasteiger partial charge < -0.3 is 9.64 Å². The smallest absolute Gasteiger partial charge is 0.410 e. The van der Waals surface area contributed by atoms with E-state index >= 15 is 0 Å². The molecule has 140 valence electrons. The van der Waals surface area contributed by atoms with Crippen LogP contribution in [-0.4, -0.2) is 23.6 Å². The number of allylic oxidation sites excluding steroid dienone is 6. The van der Waals surface area contributed by atoms with E-state index in [0.717, 1.165) is 11.1 Å². The van der Waals surface area contributed by atoms with Gasteiger partial charge in [-0.1, -0.05) is 78.9 Å². The molecule has 3 nitrogen and oxygen atoms in total. The van der Waals surface area contributed by atoms with Crippen LogP contribution in [0.2, 0.25) is 0 Å². The lowest BCUT2D eigenvalue weighted by molar-refractivity contribution is 0.0221. The van der Waals surface area contributed by atoms with E-state index < -0.39 is 5.60 Å². The van der Waals surface area contributed by atoms with Crippen molar-refractivity contribution < 1.29 is 9.53 Å². The van der Waals surface area contributed by atoms with Crippen molar-refractivity contribution >= 4 is 6.09 Å². The molecule has 0 aliphatic carbocycles. The summed E-state index contributed by atoms with van der Waals surface area (Å²) >= 11 is 0. The summed E-state index contributed by atoms with van der Waals surface area (Å²) in [5.41, 5.74) is 1.70. The van der Waals surface area contributed by atoms with Crippen molar-refractivity contribution in [2.75, 3.05) is 7.05 Å². The van der Waals surface area contributed by atoms with Gasteiger partial charge >= 0.3 is 6.09 Å². The summed E-state index contributed by atoms with van der Waals surface area (Å²) in [6, 6.07) is 9.94. The Bertz CT molecular complexity index is 663. The van der Waals surface area contributed by atoms with E-state index in [1.165, 1.54) is 0 Å². The second-order valence-electron chi connectivity index (χ2n) is 7.19. The van der Waals surface area contributed by atoms with Gasteiger partial charge in [0.1, 0.15) is 5.60 Å². The van der Waals surface area contributed by atoms with E-state index in [1.54, 1.807) is 18.0 Å². The summed E-state index contributed by atoms with van der Waals surface area (Å²) in [5.74, 6) is 0. The van der Waals surface area contributed by atoms with Crippen molar-refractivity contribution in [2.24, 2.45) is 0 Å². The molecule has 0 saturated heterocycles. The number of benzene rings is 1. The average Bonchev–Trinajstić information content (AvgIpc) is 2.57. The Morgan fingerprint density at radius 2 is 1.88 bits per heavy atom. The minimum absolute atomic E-state index is 0.0844. The van der Waals surface area contributed by atoms with Crippen LogP contribution in [0, 0.1) is 0 Å². The molecule has 1 rings (SSSR count). The van der Waals surface area contributed by atoms with Crippen LogP contribution in [0.25, 0.3) is 0 Å². The van der Waals surface area contributed by atoms with Crippen LogP contribution in [-0.2, 0) is 4.74 Å². The summed E-state index contributed by atoms with van der Waals surface area (Å²) in [6.45, 7) is 11.3. The van der Waals surface area contributed by atoms with Gasteiger partial charge in [-0.2, -0.15) is 0 Å². The molecule has 0 radical (unpaired) electrons. The third-order valence-electron chi connectivity index (χ3n) is 3.68. The van der Waals surface area contributed by atoms with Crippen molar-refractivity contribution in [1.82, 2.24) is 4.90 Å². The van der Waals surface area contributed by atoms with Gasteiger partial charge in [0.05, 0.1) is 6.04 Å². The number of nitrogens with zero attached hydrogens (tertiary/aromatic N) is 1. The number of ether oxygens (including phenoxy) is 1. The third-order valence-corrected chi connectivity index (χ3v) is 3.68. The van der Waals surface area contributed by atoms with E-state index in [9.17, 15) is 4.79 Å². The molecular formula is C23H31NO2. The SMILES string of the molecule is C=C/C=C\C=C(C)C=CC[C@H](c1ccccc1)N(C)C(=O)OC(C)(C)C. The van der Waals surface area contributed by atoms with Gasteiger partial charge in [0.25, 0.3) is 0 Å². The lowest BCUT2D eigenvalue weighted by Gasteiger charge is -2.30. The first-order valence-electron chi connectivity index (χ1n) is 8.88. The van der Waals surface area contributed by atoms with Crippen molar-refractivity contribution in [1.29, 1.82) is 0 Å². The zero-order valence-electron chi connectivity index (χ0n) is 16.6. The molecule has 0 aliphatic rings. The molecular weight excluding hydrogens is 322 g/mol. The number of rotatable bonds is 7. The molecule has 0 aromatic heterocycles. The molecule has 26 heavy (non-hydrogen) atoms. The third kappa shape index (κ3) is 8.02. The molecule has 0 unspecified atom stereocenters. The Balaban J connectivity index is 2.93. The largest absolute Gasteiger partial charge is 0.444 e. The normalized spacial score (nSPS) is 13.8. The number of carbonyl (C=O) groups excluding carboxylic acids is 1. The maximum atomic E-state index is 12.5. The second-order valence-corrected chi connectivity index (χ2v) is 7.19. The highest BCUT2D eigenvalue weighted by Crippen LogP contribution is 2.25. The van der Waals surface area contributed by atoms with Gasteiger partial charge in [-0.05, 0) is 39.7 Å². The molecule has 0 fully saturated rings. The van der Waals surface area contributed by atoms with Crippen molar-refractivity contribution in [3.63, 3.8) is 0 Å². The Morgan fingerprint density at radius 1 is 1.23 bits per heavy atom. The van der Waals surface area contributed by atoms with E-state index in [2.05, 4.69) is 18.7 Å². The van der Waals surface area contributed by atoms with Gasteiger partial charge in [-0.3, -0.25) is 0 Å². The Labute approximate surface area is 158 Å². The molecule has 0 aliphatic heterocycles. The van der Waals surface area contributed by atoms with Gasteiger partial charge in [0, 0.05) is 7.05 Å². The van der Waals surface area contributed by atoms with Crippen LogP contribution in [0.15, 0.2) is 78.9 Å².